The molecular formula is C16H16IN3O4. The Bertz CT molecular complexity index is 735. The molecule has 2 N–H and O–H groups in total. The van der Waals surface area contributed by atoms with Crippen LogP contribution in [0, 0.1) is 13.7 Å². The predicted octanol–water partition coefficient (Wildman–Crippen LogP) is 3.51. The summed E-state index contributed by atoms with van der Waals surface area (Å²) in [5.41, 5.74) is 1.20. The van der Waals surface area contributed by atoms with Crippen LogP contribution in [0.25, 0.3) is 0 Å². The Labute approximate surface area is 152 Å². The van der Waals surface area contributed by atoms with Crippen LogP contribution in [-0.2, 0) is 4.74 Å². The molecule has 0 aromatic heterocycles. The highest BCUT2D eigenvalue weighted by Gasteiger charge is 2.17. The molecule has 2 rings (SSSR count). The van der Waals surface area contributed by atoms with Crippen molar-refractivity contribution in [3.63, 3.8) is 0 Å². The van der Waals surface area contributed by atoms with Crippen LogP contribution in [0.2, 0.25) is 0 Å². The number of rotatable bonds is 7. The number of hydrogen-bond acceptors (Lipinski definition) is 5. The zero-order valence-electron chi connectivity index (χ0n) is 12.9. The van der Waals surface area contributed by atoms with Crippen LogP contribution in [0.5, 0.6) is 0 Å². The first-order valence-electron chi connectivity index (χ1n) is 7.09. The van der Waals surface area contributed by atoms with Crippen LogP contribution in [0.15, 0.2) is 42.5 Å². The van der Waals surface area contributed by atoms with Crippen molar-refractivity contribution in [3.05, 3.63) is 61.7 Å². The lowest BCUT2D eigenvalue weighted by atomic mass is 10.1. The molecule has 0 radical (unpaired) electrons. The molecular weight excluding hydrogens is 425 g/mol. The van der Waals surface area contributed by atoms with E-state index >= 15 is 0 Å². The van der Waals surface area contributed by atoms with Gasteiger partial charge in [0.15, 0.2) is 0 Å². The number of amides is 1. The van der Waals surface area contributed by atoms with Gasteiger partial charge in [-0.15, -0.1) is 0 Å². The Balaban J connectivity index is 2.26. The minimum Gasteiger partial charge on any atom is -0.383 e. The third-order valence-corrected chi connectivity index (χ3v) is 3.90. The van der Waals surface area contributed by atoms with Crippen molar-refractivity contribution < 1.29 is 14.5 Å². The van der Waals surface area contributed by atoms with Gasteiger partial charge in [-0.3, -0.25) is 14.9 Å². The molecule has 0 saturated heterocycles. The van der Waals surface area contributed by atoms with Gasteiger partial charge in [0.25, 0.3) is 11.6 Å². The van der Waals surface area contributed by atoms with E-state index in [1.807, 2.05) is 12.1 Å². The van der Waals surface area contributed by atoms with E-state index in [-0.39, 0.29) is 11.3 Å². The third kappa shape index (κ3) is 4.90. The zero-order chi connectivity index (χ0) is 17.5. The molecule has 8 heteroatoms. The molecule has 0 fully saturated rings. The summed E-state index contributed by atoms with van der Waals surface area (Å²) >= 11 is 2.17. The van der Waals surface area contributed by atoms with Gasteiger partial charge in [0.05, 0.1) is 17.1 Å². The maximum Gasteiger partial charge on any atom is 0.270 e. The lowest BCUT2D eigenvalue weighted by Gasteiger charge is -2.12. The molecule has 0 heterocycles. The van der Waals surface area contributed by atoms with Gasteiger partial charge in [0.1, 0.15) is 0 Å². The first kappa shape index (κ1) is 18.1. The molecule has 24 heavy (non-hydrogen) atoms. The molecule has 2 aromatic carbocycles. The zero-order valence-corrected chi connectivity index (χ0v) is 15.1. The van der Waals surface area contributed by atoms with Gasteiger partial charge in [-0.1, -0.05) is 0 Å². The van der Waals surface area contributed by atoms with Crippen molar-refractivity contribution in [1.29, 1.82) is 0 Å². The summed E-state index contributed by atoms with van der Waals surface area (Å²) in [4.78, 5) is 23.0. The van der Waals surface area contributed by atoms with Crippen molar-refractivity contribution >= 4 is 45.6 Å². The van der Waals surface area contributed by atoms with Crippen molar-refractivity contribution in [3.8, 4) is 0 Å². The molecule has 7 nitrogen and oxygen atoms in total. The van der Waals surface area contributed by atoms with Crippen molar-refractivity contribution in [2.45, 2.75) is 0 Å². The topological polar surface area (TPSA) is 93.5 Å². The molecule has 2 aromatic rings. The monoisotopic (exact) mass is 441 g/mol. The number of nitrogens with zero attached hydrogens (tertiary/aromatic N) is 1. The van der Waals surface area contributed by atoms with E-state index in [0.29, 0.717) is 24.5 Å². The highest BCUT2D eigenvalue weighted by molar-refractivity contribution is 14.1. The van der Waals surface area contributed by atoms with Gasteiger partial charge >= 0.3 is 0 Å². The number of nitro benzene ring substituents is 1. The predicted molar refractivity (Wildman–Crippen MR) is 101 cm³/mol. The summed E-state index contributed by atoms with van der Waals surface area (Å²) < 4.78 is 6.01. The molecule has 0 aliphatic rings. The van der Waals surface area contributed by atoms with Gasteiger partial charge in [-0.05, 0) is 52.9 Å². The average molecular weight is 441 g/mol. The van der Waals surface area contributed by atoms with Crippen molar-refractivity contribution in [2.75, 3.05) is 30.9 Å². The fourth-order valence-corrected chi connectivity index (χ4v) is 2.37. The Morgan fingerprint density at radius 2 is 1.96 bits per heavy atom. The van der Waals surface area contributed by atoms with Crippen molar-refractivity contribution in [2.24, 2.45) is 0 Å². The minimum absolute atomic E-state index is 0.139. The number of anilines is 2. The second-order valence-corrected chi connectivity index (χ2v) is 6.11. The lowest BCUT2D eigenvalue weighted by Crippen LogP contribution is -2.16. The third-order valence-electron chi connectivity index (χ3n) is 3.18. The van der Waals surface area contributed by atoms with Crippen LogP contribution in [0.3, 0.4) is 0 Å². The van der Waals surface area contributed by atoms with E-state index in [0.717, 1.165) is 3.57 Å². The molecule has 0 aliphatic heterocycles. The summed E-state index contributed by atoms with van der Waals surface area (Å²) in [6, 6.07) is 11.4. The number of benzene rings is 2. The van der Waals surface area contributed by atoms with Gasteiger partial charge < -0.3 is 15.4 Å². The first-order chi connectivity index (χ1) is 11.5. The lowest BCUT2D eigenvalue weighted by molar-refractivity contribution is -0.384. The number of ether oxygens (including phenoxy) is 1. The van der Waals surface area contributed by atoms with Gasteiger partial charge in [0.2, 0.25) is 0 Å². The molecule has 0 atom stereocenters. The Morgan fingerprint density at radius 3 is 2.58 bits per heavy atom. The van der Waals surface area contributed by atoms with Crippen LogP contribution in [0.4, 0.5) is 17.1 Å². The van der Waals surface area contributed by atoms with E-state index in [9.17, 15) is 14.9 Å². The number of non-ortho nitro benzene ring substituents is 1. The summed E-state index contributed by atoms with van der Waals surface area (Å²) in [6.07, 6.45) is 0. The fraction of sp³-hybridized carbons (Fsp3) is 0.188. The second-order valence-electron chi connectivity index (χ2n) is 4.87. The van der Waals surface area contributed by atoms with E-state index in [2.05, 4.69) is 33.2 Å². The maximum absolute atomic E-state index is 12.5. The average Bonchev–Trinajstić information content (AvgIpc) is 2.57. The molecule has 1 amide bonds. The summed E-state index contributed by atoms with van der Waals surface area (Å²) in [5, 5.41) is 16.8. The Morgan fingerprint density at radius 1 is 1.25 bits per heavy atom. The van der Waals surface area contributed by atoms with Crippen LogP contribution in [0.1, 0.15) is 10.4 Å². The van der Waals surface area contributed by atoms with Crippen LogP contribution < -0.4 is 10.6 Å². The number of halogens is 1. The fourth-order valence-electron chi connectivity index (χ4n) is 2.01. The summed E-state index contributed by atoms with van der Waals surface area (Å²) in [5.74, 6) is -0.417. The van der Waals surface area contributed by atoms with Crippen LogP contribution in [-0.4, -0.2) is 31.1 Å². The summed E-state index contributed by atoms with van der Waals surface area (Å²) in [7, 11) is 1.57. The Kier molecular flexibility index (Phi) is 6.50. The van der Waals surface area contributed by atoms with E-state index in [1.165, 1.54) is 18.2 Å². The molecule has 0 spiro atoms. The molecule has 0 bridgehead atoms. The number of carbonyl (C=O) groups excluding carboxylic acids is 1. The van der Waals surface area contributed by atoms with E-state index < -0.39 is 10.8 Å². The number of nitrogens with one attached hydrogen (secondary N) is 2. The largest absolute Gasteiger partial charge is 0.383 e. The van der Waals surface area contributed by atoms with Gasteiger partial charge in [-0.25, -0.2) is 0 Å². The van der Waals surface area contributed by atoms with Gasteiger partial charge in [-0.2, -0.15) is 0 Å². The van der Waals surface area contributed by atoms with Gasteiger partial charge in [0, 0.05) is 40.7 Å². The number of hydrogen-bond donors (Lipinski definition) is 2. The normalized spacial score (nSPS) is 10.2. The molecule has 126 valence electrons. The highest BCUT2D eigenvalue weighted by Crippen LogP contribution is 2.23. The standard InChI is InChI=1S/C16H16IN3O4/c1-24-9-8-18-15-7-6-13(20(22)23)10-14(15)16(21)19-12-4-2-11(17)3-5-12/h2-7,10,18H,8-9H2,1H3,(H,19,21). The van der Waals surface area contributed by atoms with E-state index in [1.54, 1.807) is 19.2 Å². The molecule has 0 saturated carbocycles. The maximum atomic E-state index is 12.5. The molecule has 0 unspecified atom stereocenters. The Hall–Kier alpha value is -2.20. The molecule has 0 aliphatic carbocycles. The second kappa shape index (κ2) is 8.60. The number of methoxy groups -OCH3 is 1. The smallest absolute Gasteiger partial charge is 0.270 e. The van der Waals surface area contributed by atoms with E-state index in [4.69, 9.17) is 4.74 Å². The summed E-state index contributed by atoms with van der Waals surface area (Å²) in [6.45, 7) is 0.938. The first-order valence-corrected chi connectivity index (χ1v) is 8.17. The SMILES string of the molecule is COCCNc1ccc([N+](=O)[O-])cc1C(=O)Nc1ccc(I)cc1. The quantitative estimate of drug-likeness (QED) is 0.297. The van der Waals surface area contributed by atoms with Crippen LogP contribution >= 0.6 is 22.6 Å². The minimum atomic E-state index is -0.527. The number of carbonyl (C=O) groups is 1. The number of nitro groups is 1. The highest BCUT2D eigenvalue weighted by atomic mass is 127. The van der Waals surface area contributed by atoms with Crippen molar-refractivity contribution in [1.82, 2.24) is 0 Å².